The first kappa shape index (κ1) is 26.3. The van der Waals surface area contributed by atoms with Crippen molar-refractivity contribution in [1.82, 2.24) is 5.32 Å². The third kappa shape index (κ3) is 5.67. The topological polar surface area (TPSA) is 94.2 Å². The molecule has 0 bridgehead atoms. The molecule has 0 fully saturated rings. The highest BCUT2D eigenvalue weighted by Crippen LogP contribution is 2.40. The van der Waals surface area contributed by atoms with E-state index in [0.29, 0.717) is 23.7 Å². The van der Waals surface area contributed by atoms with Gasteiger partial charge in [0.15, 0.2) is 11.5 Å². The molecule has 0 aliphatic carbocycles. The van der Waals surface area contributed by atoms with Crippen molar-refractivity contribution in [3.8, 4) is 17.2 Å². The van der Waals surface area contributed by atoms with Crippen LogP contribution in [-0.4, -0.2) is 40.7 Å². The van der Waals surface area contributed by atoms with E-state index in [1.807, 2.05) is 39.0 Å². The average Bonchev–Trinajstić information content (AvgIpc) is 2.87. The molecule has 37 heavy (non-hydrogen) atoms. The molecule has 1 unspecified atom stereocenters. The van der Waals surface area contributed by atoms with Gasteiger partial charge in [0.2, 0.25) is 5.91 Å². The van der Waals surface area contributed by atoms with E-state index in [2.05, 4.69) is 5.32 Å². The maximum absolute atomic E-state index is 13.7. The monoisotopic (exact) mass is 524 g/mol. The lowest BCUT2D eigenvalue weighted by Crippen LogP contribution is -2.45. The van der Waals surface area contributed by atoms with Crippen molar-refractivity contribution in [2.75, 3.05) is 25.1 Å². The number of nitrogens with one attached hydrogen (secondary N) is 1. The number of carbonyl (C=O) groups is 1. The first-order valence-electron chi connectivity index (χ1n) is 11.9. The Labute approximate surface area is 218 Å². The van der Waals surface area contributed by atoms with Crippen molar-refractivity contribution in [2.24, 2.45) is 0 Å². The summed E-state index contributed by atoms with van der Waals surface area (Å²) in [6.07, 6.45) is 0.539. The van der Waals surface area contributed by atoms with E-state index >= 15 is 0 Å². The number of carbonyl (C=O) groups excluding carboxylic acids is 1. The number of amides is 1. The second-order valence-corrected chi connectivity index (χ2v) is 11.5. The molecule has 8 nitrogen and oxygen atoms in total. The van der Waals surface area contributed by atoms with Gasteiger partial charge in [0.25, 0.3) is 10.0 Å². The Bertz CT molecular complexity index is 1390. The minimum atomic E-state index is -4.07. The van der Waals surface area contributed by atoms with Crippen LogP contribution < -0.4 is 23.8 Å². The minimum Gasteiger partial charge on any atom is -0.493 e. The van der Waals surface area contributed by atoms with Crippen LogP contribution in [0.1, 0.15) is 37.4 Å². The van der Waals surface area contributed by atoms with E-state index in [1.165, 1.54) is 26.4 Å². The Balaban J connectivity index is 1.69. The van der Waals surface area contributed by atoms with Gasteiger partial charge in [-0.1, -0.05) is 35.9 Å². The van der Waals surface area contributed by atoms with E-state index in [4.69, 9.17) is 14.2 Å². The predicted molar refractivity (Wildman–Crippen MR) is 142 cm³/mol. The molecule has 1 heterocycles. The number of anilines is 1. The lowest BCUT2D eigenvalue weighted by Gasteiger charge is -2.38. The van der Waals surface area contributed by atoms with Crippen molar-refractivity contribution in [3.63, 3.8) is 0 Å². The molecule has 1 aliphatic heterocycles. The molecule has 1 amide bonds. The molecule has 0 saturated carbocycles. The molecular formula is C28H32N2O6S. The molecule has 3 aromatic rings. The summed E-state index contributed by atoms with van der Waals surface area (Å²) in [7, 11) is -1.11. The van der Waals surface area contributed by atoms with Crippen LogP contribution in [0.25, 0.3) is 0 Å². The third-order valence-electron chi connectivity index (χ3n) is 6.23. The summed E-state index contributed by atoms with van der Waals surface area (Å²) < 4.78 is 45.3. The number of aryl methyl sites for hydroxylation is 1. The zero-order valence-corrected chi connectivity index (χ0v) is 22.5. The number of benzene rings is 3. The fourth-order valence-corrected chi connectivity index (χ4v) is 5.92. The van der Waals surface area contributed by atoms with E-state index in [1.54, 1.807) is 36.4 Å². The molecule has 0 saturated heterocycles. The quantitative estimate of drug-likeness (QED) is 0.462. The summed E-state index contributed by atoms with van der Waals surface area (Å²) in [5.74, 6) is 1.07. The summed E-state index contributed by atoms with van der Waals surface area (Å²) in [4.78, 5) is 13.5. The van der Waals surface area contributed by atoms with Crippen LogP contribution in [0, 0.1) is 6.92 Å². The zero-order valence-electron chi connectivity index (χ0n) is 21.6. The number of ether oxygens (including phenoxy) is 3. The third-order valence-corrected chi connectivity index (χ3v) is 8.02. The first-order valence-corrected chi connectivity index (χ1v) is 13.4. The highest BCUT2D eigenvalue weighted by molar-refractivity contribution is 7.92. The van der Waals surface area contributed by atoms with Crippen LogP contribution in [0.5, 0.6) is 17.2 Å². The molecule has 9 heteroatoms. The fourth-order valence-electron chi connectivity index (χ4n) is 4.49. The number of fused-ring (bicyclic) bond motifs is 1. The summed E-state index contributed by atoms with van der Waals surface area (Å²) in [6, 6.07) is 18.3. The smallest absolute Gasteiger partial charge is 0.264 e. The molecule has 0 aromatic heterocycles. The highest BCUT2D eigenvalue weighted by atomic mass is 32.2. The van der Waals surface area contributed by atoms with Gasteiger partial charge >= 0.3 is 0 Å². The molecular weight excluding hydrogens is 492 g/mol. The standard InChI is InChI=1S/C28H32N2O6S/c1-19-11-13-24-22(15-19)23(17-28(2,3)36-24)29-27(31)18-30(37(32,33)21-9-7-6-8-10-21)20-12-14-25(34-4)26(16-20)35-5/h6-16,23H,17-18H2,1-5H3,(H,29,31). The fraction of sp³-hybridized carbons (Fsp3) is 0.321. The minimum absolute atomic E-state index is 0.0748. The van der Waals surface area contributed by atoms with Gasteiger partial charge < -0.3 is 19.5 Å². The van der Waals surface area contributed by atoms with Gasteiger partial charge in [-0.05, 0) is 51.1 Å². The second-order valence-electron chi connectivity index (χ2n) is 9.59. The predicted octanol–water partition coefficient (Wildman–Crippen LogP) is 4.63. The molecule has 1 atom stereocenters. The van der Waals surface area contributed by atoms with Crippen molar-refractivity contribution in [3.05, 3.63) is 77.9 Å². The van der Waals surface area contributed by atoms with Crippen molar-refractivity contribution < 1.29 is 27.4 Å². The van der Waals surface area contributed by atoms with E-state index in [-0.39, 0.29) is 16.6 Å². The summed E-state index contributed by atoms with van der Waals surface area (Å²) >= 11 is 0. The molecule has 196 valence electrons. The second kappa shape index (κ2) is 10.3. The van der Waals surface area contributed by atoms with Crippen LogP contribution in [0.2, 0.25) is 0 Å². The van der Waals surface area contributed by atoms with Crippen LogP contribution in [0.4, 0.5) is 5.69 Å². The lowest BCUT2D eigenvalue weighted by atomic mass is 9.89. The van der Waals surface area contributed by atoms with Crippen molar-refractivity contribution in [2.45, 2.75) is 43.7 Å². The van der Waals surface area contributed by atoms with Crippen LogP contribution >= 0.6 is 0 Å². The summed E-state index contributed by atoms with van der Waals surface area (Å²) in [6.45, 7) is 5.48. The van der Waals surface area contributed by atoms with E-state index in [0.717, 1.165) is 15.4 Å². The molecule has 1 aliphatic rings. The maximum Gasteiger partial charge on any atom is 0.264 e. The number of nitrogens with zero attached hydrogens (tertiary/aromatic N) is 1. The average molecular weight is 525 g/mol. The molecule has 3 aromatic carbocycles. The number of rotatable bonds is 8. The Morgan fingerprint density at radius 3 is 2.41 bits per heavy atom. The molecule has 0 spiro atoms. The largest absolute Gasteiger partial charge is 0.493 e. The van der Waals surface area contributed by atoms with Crippen molar-refractivity contribution >= 4 is 21.6 Å². The Morgan fingerprint density at radius 2 is 1.73 bits per heavy atom. The Hall–Kier alpha value is -3.72. The summed E-state index contributed by atoms with van der Waals surface area (Å²) in [5, 5.41) is 3.05. The normalized spacial score (nSPS) is 16.2. The maximum atomic E-state index is 13.7. The highest BCUT2D eigenvalue weighted by Gasteiger charge is 2.36. The number of hydrogen-bond donors (Lipinski definition) is 1. The Morgan fingerprint density at radius 1 is 1.03 bits per heavy atom. The van der Waals surface area contributed by atoms with Crippen LogP contribution in [0.3, 0.4) is 0 Å². The first-order chi connectivity index (χ1) is 17.5. The van der Waals surface area contributed by atoms with Gasteiger partial charge in [0, 0.05) is 18.1 Å². The SMILES string of the molecule is COc1ccc(N(CC(=O)NC2CC(C)(C)Oc3ccc(C)cc32)S(=O)(=O)c2ccccc2)cc1OC. The van der Waals surface area contributed by atoms with Gasteiger partial charge in [0.1, 0.15) is 17.9 Å². The summed E-state index contributed by atoms with van der Waals surface area (Å²) in [5.41, 5.74) is 1.69. The van der Waals surface area contributed by atoms with Gasteiger partial charge in [-0.25, -0.2) is 8.42 Å². The van der Waals surface area contributed by atoms with Gasteiger partial charge in [0.05, 0.1) is 30.8 Å². The number of methoxy groups -OCH3 is 2. The Kier molecular flexibility index (Phi) is 7.36. The zero-order chi connectivity index (χ0) is 26.8. The molecule has 1 N–H and O–H groups in total. The van der Waals surface area contributed by atoms with Gasteiger partial charge in [-0.2, -0.15) is 0 Å². The lowest BCUT2D eigenvalue weighted by molar-refractivity contribution is -0.120. The van der Waals surface area contributed by atoms with Crippen LogP contribution in [0.15, 0.2) is 71.6 Å². The van der Waals surface area contributed by atoms with E-state index in [9.17, 15) is 13.2 Å². The number of sulfonamides is 1. The van der Waals surface area contributed by atoms with Crippen LogP contribution in [-0.2, 0) is 14.8 Å². The van der Waals surface area contributed by atoms with E-state index < -0.39 is 28.1 Å². The molecule has 4 rings (SSSR count). The van der Waals surface area contributed by atoms with Gasteiger partial charge in [-0.3, -0.25) is 9.10 Å². The molecule has 0 radical (unpaired) electrons. The van der Waals surface area contributed by atoms with Crippen molar-refractivity contribution in [1.29, 1.82) is 0 Å². The van der Waals surface area contributed by atoms with Gasteiger partial charge in [-0.15, -0.1) is 0 Å². The number of hydrogen-bond acceptors (Lipinski definition) is 6.